The van der Waals surface area contributed by atoms with Gasteiger partial charge >= 0.3 is 0 Å². The number of carbonyl (C=O) groups is 2. The lowest BCUT2D eigenvalue weighted by atomic mass is 9.88. The second-order valence-corrected chi connectivity index (χ2v) is 7.21. The highest BCUT2D eigenvalue weighted by molar-refractivity contribution is 5.99. The van der Waals surface area contributed by atoms with Crippen LogP contribution < -0.4 is 10.2 Å². The zero-order chi connectivity index (χ0) is 16.5. The average Bonchev–Trinajstić information content (AvgIpc) is 3.01. The summed E-state index contributed by atoms with van der Waals surface area (Å²) in [5.41, 5.74) is 3.18. The molecule has 5 heteroatoms. The Morgan fingerprint density at radius 2 is 1.79 bits per heavy atom. The third-order valence-electron chi connectivity index (χ3n) is 5.62. The summed E-state index contributed by atoms with van der Waals surface area (Å²) in [6, 6.07) is 6.18. The lowest BCUT2D eigenvalue weighted by Crippen LogP contribution is -2.50. The molecule has 1 saturated heterocycles. The molecule has 2 heterocycles. The highest BCUT2D eigenvalue weighted by atomic mass is 16.2. The third-order valence-corrected chi connectivity index (χ3v) is 5.62. The van der Waals surface area contributed by atoms with Gasteiger partial charge in [0.25, 0.3) is 0 Å². The maximum absolute atomic E-state index is 12.6. The lowest BCUT2D eigenvalue weighted by Gasteiger charge is -2.38. The smallest absolute Gasteiger partial charge is 0.228 e. The third kappa shape index (κ3) is 2.99. The van der Waals surface area contributed by atoms with Gasteiger partial charge in [-0.25, -0.2) is 0 Å². The van der Waals surface area contributed by atoms with E-state index in [1.54, 1.807) is 0 Å². The molecule has 0 aromatic heterocycles. The zero-order valence-corrected chi connectivity index (χ0v) is 14.1. The van der Waals surface area contributed by atoms with Crippen molar-refractivity contribution in [1.29, 1.82) is 0 Å². The van der Waals surface area contributed by atoms with Crippen LogP contribution in [0.2, 0.25) is 0 Å². The van der Waals surface area contributed by atoms with Gasteiger partial charge in [0.1, 0.15) is 0 Å². The summed E-state index contributed by atoms with van der Waals surface area (Å²) in [7, 11) is 0. The Balaban J connectivity index is 1.37. The molecule has 4 rings (SSSR count). The highest BCUT2D eigenvalue weighted by Crippen LogP contribution is 2.29. The van der Waals surface area contributed by atoms with Crippen LogP contribution in [0.15, 0.2) is 18.2 Å². The summed E-state index contributed by atoms with van der Waals surface area (Å²) in [4.78, 5) is 28.5. The van der Waals surface area contributed by atoms with Gasteiger partial charge in [0.05, 0.1) is 6.42 Å². The van der Waals surface area contributed by atoms with Crippen molar-refractivity contribution in [3.05, 3.63) is 23.8 Å². The molecule has 1 aromatic rings. The highest BCUT2D eigenvalue weighted by Gasteiger charge is 2.29. The Morgan fingerprint density at radius 1 is 1.04 bits per heavy atom. The molecule has 24 heavy (non-hydrogen) atoms. The number of nitrogens with zero attached hydrogens (tertiary/aromatic N) is 2. The lowest BCUT2D eigenvalue weighted by molar-refractivity contribution is -0.136. The first-order valence-corrected chi connectivity index (χ1v) is 9.17. The number of piperazine rings is 1. The molecule has 1 aliphatic carbocycles. The van der Waals surface area contributed by atoms with Gasteiger partial charge < -0.3 is 15.1 Å². The first-order valence-electron chi connectivity index (χ1n) is 9.17. The Bertz CT molecular complexity index is 644. The van der Waals surface area contributed by atoms with E-state index >= 15 is 0 Å². The minimum atomic E-state index is 0.0741. The van der Waals surface area contributed by atoms with Crippen molar-refractivity contribution in [2.75, 3.05) is 36.4 Å². The first kappa shape index (κ1) is 15.5. The molecule has 2 aliphatic heterocycles. The van der Waals surface area contributed by atoms with E-state index in [2.05, 4.69) is 27.2 Å². The summed E-state index contributed by atoms with van der Waals surface area (Å²) in [6.45, 7) is 3.37. The van der Waals surface area contributed by atoms with Crippen LogP contribution in [0, 0.1) is 5.92 Å². The van der Waals surface area contributed by atoms with Gasteiger partial charge in [-0.2, -0.15) is 0 Å². The van der Waals surface area contributed by atoms with Crippen LogP contribution in [0.5, 0.6) is 0 Å². The van der Waals surface area contributed by atoms with Crippen LogP contribution in [-0.4, -0.2) is 42.9 Å². The van der Waals surface area contributed by atoms with E-state index in [-0.39, 0.29) is 11.8 Å². The Hall–Kier alpha value is -2.04. The van der Waals surface area contributed by atoms with E-state index in [0.29, 0.717) is 12.3 Å². The fourth-order valence-corrected chi connectivity index (χ4v) is 4.21. The predicted molar refractivity (Wildman–Crippen MR) is 94.1 cm³/mol. The van der Waals surface area contributed by atoms with Crippen molar-refractivity contribution >= 4 is 23.2 Å². The Kier molecular flexibility index (Phi) is 4.17. The standard InChI is InChI=1S/C19H25N3O2/c23-18-13-15-12-16(6-7-17(15)20-18)21-8-10-22(11-9-21)19(24)14-4-2-1-3-5-14/h6-7,12,14H,1-5,8-11,13H2,(H,20,23). The van der Waals surface area contributed by atoms with Crippen LogP contribution in [0.1, 0.15) is 37.7 Å². The molecule has 0 bridgehead atoms. The summed E-state index contributed by atoms with van der Waals surface area (Å²) in [5.74, 6) is 0.713. The van der Waals surface area contributed by atoms with E-state index < -0.39 is 0 Å². The van der Waals surface area contributed by atoms with Crippen LogP contribution in [-0.2, 0) is 16.0 Å². The SMILES string of the molecule is O=C1Cc2cc(N3CCN(C(=O)C4CCCCC4)CC3)ccc2N1. The van der Waals surface area contributed by atoms with E-state index in [1.165, 1.54) is 19.3 Å². The molecule has 1 aromatic carbocycles. The number of hydrogen-bond donors (Lipinski definition) is 1. The van der Waals surface area contributed by atoms with Crippen molar-refractivity contribution in [2.45, 2.75) is 38.5 Å². The molecule has 0 atom stereocenters. The van der Waals surface area contributed by atoms with E-state index in [9.17, 15) is 9.59 Å². The van der Waals surface area contributed by atoms with Crippen LogP contribution in [0.4, 0.5) is 11.4 Å². The van der Waals surface area contributed by atoms with Gasteiger partial charge in [0.15, 0.2) is 0 Å². The van der Waals surface area contributed by atoms with Gasteiger partial charge in [0, 0.05) is 43.5 Å². The van der Waals surface area contributed by atoms with Crippen LogP contribution in [0.25, 0.3) is 0 Å². The molecule has 1 N–H and O–H groups in total. The molecule has 1 saturated carbocycles. The summed E-state index contributed by atoms with van der Waals surface area (Å²) in [6.07, 6.45) is 6.32. The van der Waals surface area contributed by atoms with Crippen molar-refractivity contribution in [1.82, 2.24) is 4.90 Å². The molecular weight excluding hydrogens is 302 g/mol. The fourth-order valence-electron chi connectivity index (χ4n) is 4.21. The van der Waals surface area contributed by atoms with E-state index in [0.717, 1.165) is 56.0 Å². The number of benzene rings is 1. The van der Waals surface area contributed by atoms with Crippen molar-refractivity contribution in [3.63, 3.8) is 0 Å². The number of amides is 2. The molecule has 3 aliphatic rings. The molecule has 2 amide bonds. The quantitative estimate of drug-likeness (QED) is 0.907. The summed E-state index contributed by atoms with van der Waals surface area (Å²) in [5, 5.41) is 2.88. The van der Waals surface area contributed by atoms with Crippen LogP contribution >= 0.6 is 0 Å². The largest absolute Gasteiger partial charge is 0.368 e. The Morgan fingerprint density at radius 3 is 2.54 bits per heavy atom. The van der Waals surface area contributed by atoms with Crippen LogP contribution in [0.3, 0.4) is 0 Å². The number of rotatable bonds is 2. The maximum Gasteiger partial charge on any atom is 0.228 e. The number of anilines is 2. The Labute approximate surface area is 143 Å². The van der Waals surface area contributed by atoms with Gasteiger partial charge in [-0.3, -0.25) is 9.59 Å². The molecule has 0 spiro atoms. The van der Waals surface area contributed by atoms with Gasteiger partial charge in [-0.05, 0) is 36.6 Å². The van der Waals surface area contributed by atoms with Gasteiger partial charge in [0.2, 0.25) is 11.8 Å². The normalized spacial score (nSPS) is 21.6. The number of hydrogen-bond acceptors (Lipinski definition) is 3. The number of carbonyl (C=O) groups excluding carboxylic acids is 2. The topological polar surface area (TPSA) is 52.7 Å². The van der Waals surface area contributed by atoms with Crippen molar-refractivity contribution in [2.24, 2.45) is 5.92 Å². The molecule has 2 fully saturated rings. The zero-order valence-electron chi connectivity index (χ0n) is 14.1. The predicted octanol–water partition coefficient (Wildman–Crippen LogP) is 2.41. The minimum absolute atomic E-state index is 0.0741. The first-order chi connectivity index (χ1) is 11.7. The number of fused-ring (bicyclic) bond motifs is 1. The molecule has 128 valence electrons. The van der Waals surface area contributed by atoms with E-state index in [4.69, 9.17) is 0 Å². The minimum Gasteiger partial charge on any atom is -0.368 e. The van der Waals surface area contributed by atoms with Crippen molar-refractivity contribution < 1.29 is 9.59 Å². The van der Waals surface area contributed by atoms with E-state index in [1.807, 2.05) is 6.07 Å². The molecule has 5 nitrogen and oxygen atoms in total. The second-order valence-electron chi connectivity index (χ2n) is 7.21. The molecule has 0 radical (unpaired) electrons. The van der Waals surface area contributed by atoms with Gasteiger partial charge in [-0.15, -0.1) is 0 Å². The van der Waals surface area contributed by atoms with Crippen molar-refractivity contribution in [3.8, 4) is 0 Å². The summed E-state index contributed by atoms with van der Waals surface area (Å²) >= 11 is 0. The molecule has 0 unspecified atom stereocenters. The average molecular weight is 327 g/mol. The fraction of sp³-hybridized carbons (Fsp3) is 0.579. The summed E-state index contributed by atoms with van der Waals surface area (Å²) < 4.78 is 0. The maximum atomic E-state index is 12.6. The number of nitrogens with one attached hydrogen (secondary N) is 1. The monoisotopic (exact) mass is 327 g/mol. The molecular formula is C19H25N3O2. The second kappa shape index (κ2) is 6.46. The van der Waals surface area contributed by atoms with Gasteiger partial charge in [-0.1, -0.05) is 19.3 Å².